The quantitative estimate of drug-likeness (QED) is 0.241. The van der Waals surface area contributed by atoms with Gasteiger partial charge in [-0.25, -0.2) is 0 Å². The van der Waals surface area contributed by atoms with Gasteiger partial charge in [0.1, 0.15) is 0 Å². The Kier molecular flexibility index (Phi) is 6.76. The Morgan fingerprint density at radius 3 is 1.92 bits per heavy atom. The molecule has 4 heterocycles. The second-order valence-corrected chi connectivity index (χ2v) is 10.5. The van der Waals surface area contributed by atoms with Crippen LogP contribution in [-0.2, 0) is 0 Å². The van der Waals surface area contributed by atoms with Crippen molar-refractivity contribution >= 4 is 17.2 Å². The van der Waals surface area contributed by atoms with E-state index >= 15 is 0 Å². The van der Waals surface area contributed by atoms with Gasteiger partial charge in [0, 0.05) is 28.1 Å². The predicted molar refractivity (Wildman–Crippen MR) is 149 cm³/mol. The number of hydrogen-bond donors (Lipinski definition) is 2. The maximum Gasteiger partial charge on any atom is 0.261 e. The fourth-order valence-electron chi connectivity index (χ4n) is 4.86. The van der Waals surface area contributed by atoms with E-state index in [1.165, 1.54) is 0 Å². The average Bonchev–Trinajstić information content (AvgIpc) is 3.75. The second kappa shape index (κ2) is 10.6. The summed E-state index contributed by atoms with van der Waals surface area (Å²) in [5.74, 6) is 0.538. The normalized spacial score (nSPS) is 14.1. The molecule has 1 aliphatic heterocycles. The molecular formula is C31H28N2O3S. The molecule has 0 aliphatic carbocycles. The highest BCUT2D eigenvalue weighted by Crippen LogP contribution is 2.40. The molecule has 2 N–H and O–H groups in total. The summed E-state index contributed by atoms with van der Waals surface area (Å²) in [4.78, 5) is 15.0. The summed E-state index contributed by atoms with van der Waals surface area (Å²) >= 11 is 1.55. The number of carbonyl (C=O) groups is 1. The van der Waals surface area contributed by atoms with Crippen LogP contribution in [0.4, 0.5) is 0 Å². The number of thiophene rings is 1. The van der Waals surface area contributed by atoms with Crippen LogP contribution in [0, 0.1) is 5.92 Å². The van der Waals surface area contributed by atoms with Crippen molar-refractivity contribution in [2.24, 2.45) is 5.92 Å². The molecule has 37 heavy (non-hydrogen) atoms. The molecule has 0 radical (unpaired) electrons. The van der Waals surface area contributed by atoms with Crippen molar-refractivity contribution in [3.05, 3.63) is 96.7 Å². The topological polar surface area (TPSA) is 67.4 Å². The molecule has 0 unspecified atom stereocenters. The number of nitrogens with one attached hydrogen (secondary N) is 2. The Labute approximate surface area is 220 Å². The maximum atomic E-state index is 13.2. The Hall–Kier alpha value is -3.87. The summed E-state index contributed by atoms with van der Waals surface area (Å²) in [5, 5.41) is 6.58. The van der Waals surface area contributed by atoms with E-state index in [-0.39, 0.29) is 5.91 Å². The number of amides is 1. The highest BCUT2D eigenvalue weighted by Gasteiger charge is 2.20. The van der Waals surface area contributed by atoms with E-state index in [0.717, 1.165) is 81.2 Å². The van der Waals surface area contributed by atoms with Crippen LogP contribution < -0.4 is 10.6 Å². The molecule has 1 saturated heterocycles. The molecule has 1 fully saturated rings. The first kappa shape index (κ1) is 23.5. The SMILES string of the molecule is O=C(NCC1CCNCC1)c1cc(-c2ccc(-c3ccoc3)cc2)c(-c2ccc(-c3ccoc3)cc2)s1. The van der Waals surface area contributed by atoms with E-state index in [1.54, 1.807) is 36.4 Å². The number of benzene rings is 2. The number of carbonyl (C=O) groups excluding carboxylic acids is 1. The van der Waals surface area contributed by atoms with Crippen LogP contribution in [-0.4, -0.2) is 25.5 Å². The van der Waals surface area contributed by atoms with Gasteiger partial charge in [0.25, 0.3) is 5.91 Å². The van der Waals surface area contributed by atoms with Crippen LogP contribution in [0.25, 0.3) is 43.8 Å². The van der Waals surface area contributed by atoms with Gasteiger partial charge < -0.3 is 19.5 Å². The highest BCUT2D eigenvalue weighted by atomic mass is 32.1. The second-order valence-electron chi connectivity index (χ2n) is 9.44. The third-order valence-corrected chi connectivity index (χ3v) is 8.20. The number of rotatable bonds is 7. The van der Waals surface area contributed by atoms with Crippen molar-refractivity contribution < 1.29 is 13.6 Å². The summed E-state index contributed by atoms with van der Waals surface area (Å²) in [6, 6.07) is 22.8. The number of furan rings is 2. The molecule has 3 aromatic heterocycles. The number of piperidine rings is 1. The van der Waals surface area contributed by atoms with Crippen LogP contribution in [0.5, 0.6) is 0 Å². The van der Waals surface area contributed by atoms with Crippen LogP contribution >= 0.6 is 11.3 Å². The minimum atomic E-state index is 0.000988. The molecule has 6 rings (SSSR count). The molecule has 0 bridgehead atoms. The van der Waals surface area contributed by atoms with Gasteiger partial charge in [-0.15, -0.1) is 11.3 Å². The lowest BCUT2D eigenvalue weighted by Gasteiger charge is -2.22. The van der Waals surface area contributed by atoms with Crippen molar-refractivity contribution in [1.29, 1.82) is 0 Å². The van der Waals surface area contributed by atoms with E-state index < -0.39 is 0 Å². The van der Waals surface area contributed by atoms with Gasteiger partial charge in [0.05, 0.1) is 29.9 Å². The molecule has 1 aliphatic rings. The van der Waals surface area contributed by atoms with Crippen LogP contribution in [0.2, 0.25) is 0 Å². The molecule has 0 saturated carbocycles. The smallest absolute Gasteiger partial charge is 0.261 e. The maximum absolute atomic E-state index is 13.2. The fourth-order valence-corrected chi connectivity index (χ4v) is 5.96. The largest absolute Gasteiger partial charge is 0.472 e. The zero-order valence-electron chi connectivity index (χ0n) is 20.4. The molecule has 186 valence electrons. The molecule has 5 aromatic rings. The van der Waals surface area contributed by atoms with E-state index in [0.29, 0.717) is 5.92 Å². The predicted octanol–water partition coefficient (Wildman–Crippen LogP) is 7.33. The minimum absolute atomic E-state index is 0.000988. The standard InChI is InChI=1S/C31H28N2O3S/c34-31(33-18-21-9-13-32-14-10-21)29-17-28(24-5-1-22(2-6-24)26-11-15-35-19-26)30(37-29)25-7-3-23(4-8-25)27-12-16-36-20-27/h1-8,11-12,15-17,19-21,32H,9-10,13-14,18H2,(H,33,34). The zero-order chi connectivity index (χ0) is 25.0. The first-order chi connectivity index (χ1) is 18.2. The fraction of sp³-hybridized carbons (Fsp3) is 0.194. The molecule has 5 nitrogen and oxygen atoms in total. The summed E-state index contributed by atoms with van der Waals surface area (Å²) in [6.07, 6.45) is 9.07. The molecule has 0 spiro atoms. The third kappa shape index (κ3) is 5.17. The van der Waals surface area contributed by atoms with Gasteiger partial charge in [-0.3, -0.25) is 4.79 Å². The molecule has 1 amide bonds. The molecular weight excluding hydrogens is 480 g/mol. The third-order valence-electron chi connectivity index (χ3n) is 7.02. The Balaban J connectivity index is 1.31. The van der Waals surface area contributed by atoms with E-state index in [4.69, 9.17) is 8.83 Å². The van der Waals surface area contributed by atoms with Gasteiger partial charge >= 0.3 is 0 Å². The van der Waals surface area contributed by atoms with Crippen LogP contribution in [0.1, 0.15) is 22.5 Å². The zero-order valence-corrected chi connectivity index (χ0v) is 21.2. The van der Waals surface area contributed by atoms with Crippen LogP contribution in [0.15, 0.2) is 101 Å². The summed E-state index contributed by atoms with van der Waals surface area (Å²) in [5.41, 5.74) is 7.51. The Bertz CT molecular complexity index is 1350. The summed E-state index contributed by atoms with van der Waals surface area (Å²) in [6.45, 7) is 2.77. The van der Waals surface area contributed by atoms with Gasteiger partial charge in [0.15, 0.2) is 0 Å². The molecule has 2 aromatic carbocycles. The van der Waals surface area contributed by atoms with Crippen molar-refractivity contribution in [1.82, 2.24) is 10.6 Å². The lowest BCUT2D eigenvalue weighted by molar-refractivity contribution is 0.0948. The Morgan fingerprint density at radius 1 is 0.784 bits per heavy atom. The first-order valence-electron chi connectivity index (χ1n) is 12.6. The van der Waals surface area contributed by atoms with Gasteiger partial charge in [-0.05, 0) is 72.3 Å². The Morgan fingerprint density at radius 2 is 1.35 bits per heavy atom. The first-order valence-corrected chi connectivity index (χ1v) is 13.4. The van der Waals surface area contributed by atoms with Crippen LogP contribution in [0.3, 0.4) is 0 Å². The lowest BCUT2D eigenvalue weighted by atomic mass is 9.98. The monoisotopic (exact) mass is 508 g/mol. The summed E-state index contributed by atoms with van der Waals surface area (Å²) in [7, 11) is 0. The van der Waals surface area contributed by atoms with Crippen molar-refractivity contribution in [2.75, 3.05) is 19.6 Å². The average molecular weight is 509 g/mol. The highest BCUT2D eigenvalue weighted by molar-refractivity contribution is 7.18. The van der Waals surface area contributed by atoms with Crippen molar-refractivity contribution in [3.8, 4) is 43.8 Å². The molecule has 0 atom stereocenters. The number of hydrogen-bond acceptors (Lipinski definition) is 5. The van der Waals surface area contributed by atoms with E-state index in [9.17, 15) is 4.79 Å². The van der Waals surface area contributed by atoms with Gasteiger partial charge in [-0.1, -0.05) is 48.5 Å². The van der Waals surface area contributed by atoms with Crippen molar-refractivity contribution in [2.45, 2.75) is 12.8 Å². The van der Waals surface area contributed by atoms with Crippen molar-refractivity contribution in [3.63, 3.8) is 0 Å². The lowest BCUT2D eigenvalue weighted by Crippen LogP contribution is -2.35. The van der Waals surface area contributed by atoms with E-state index in [1.807, 2.05) is 18.2 Å². The summed E-state index contributed by atoms with van der Waals surface area (Å²) < 4.78 is 10.5. The van der Waals surface area contributed by atoms with E-state index in [2.05, 4.69) is 59.2 Å². The molecule has 6 heteroatoms. The van der Waals surface area contributed by atoms with Gasteiger partial charge in [0.2, 0.25) is 0 Å². The minimum Gasteiger partial charge on any atom is -0.472 e. The van der Waals surface area contributed by atoms with Gasteiger partial charge in [-0.2, -0.15) is 0 Å².